The van der Waals surface area contributed by atoms with Crippen LogP contribution in [0.3, 0.4) is 0 Å². The Kier molecular flexibility index (Phi) is 6.62. The zero-order valence-corrected chi connectivity index (χ0v) is 25.1. The second-order valence-corrected chi connectivity index (χ2v) is 12.5. The predicted octanol–water partition coefficient (Wildman–Crippen LogP) is 6.71. The highest BCUT2D eigenvalue weighted by Gasteiger charge is 2.59. The number of rotatable bonds is 6. The molecule has 2 fully saturated rings. The van der Waals surface area contributed by atoms with Gasteiger partial charge in [0.1, 0.15) is 0 Å². The fourth-order valence-electron chi connectivity index (χ4n) is 6.68. The molecule has 2 aliphatic carbocycles. The molecule has 4 aromatic rings. The molecule has 3 aliphatic rings. The van der Waals surface area contributed by atoms with E-state index in [9.17, 15) is 19.2 Å². The summed E-state index contributed by atoms with van der Waals surface area (Å²) in [5.41, 5.74) is 4.10. The average Bonchev–Trinajstić information content (AvgIpc) is 3.70. The number of imide groups is 1. The number of nitrogens with zero attached hydrogens (tertiary/aromatic N) is 2. The monoisotopic (exact) mass is 634 g/mol. The first kappa shape index (κ1) is 27.4. The number of carbonyl (C=O) groups is 4. The molecular weight excluding hydrogens is 608 g/mol. The van der Waals surface area contributed by atoms with Gasteiger partial charge in [0.15, 0.2) is 6.10 Å². The number of anilines is 1. The number of hydrogen-bond acceptors (Lipinski definition) is 6. The van der Waals surface area contributed by atoms with Crippen LogP contribution in [0.2, 0.25) is 0 Å². The minimum atomic E-state index is -0.992. The van der Waals surface area contributed by atoms with Gasteiger partial charge in [-0.1, -0.05) is 70.0 Å². The standard InChI is InChI=1S/C35H27BrN2O5/c1-18-3-5-21(6-4-18)32(39)19(2)43-35(42)27-17-29(37-28-14-11-24(36)16-26(27)28)20-9-12-25(13-10-20)38-33(40)30-22-7-8-23(15-22)31(30)34(38)41/h3-14,16-17,19,22-23,30-31H,15H2,1-2H3/t19-,22-,23-,30+,31+/m0/s1. The SMILES string of the molecule is Cc1ccc(C(=O)[C@H](C)OC(=O)c2cc(-c3ccc(N4C(=O)[C@H]5[C@H](C4=O)[C@H]4C=C[C@H]5C4)cc3)nc3ccc(Br)cc23)cc1. The fraction of sp³-hybridized carbons (Fsp3) is 0.229. The van der Waals surface area contributed by atoms with E-state index in [1.54, 1.807) is 61.5 Å². The highest BCUT2D eigenvalue weighted by molar-refractivity contribution is 9.10. The van der Waals surface area contributed by atoms with Crippen LogP contribution in [0.4, 0.5) is 5.69 Å². The van der Waals surface area contributed by atoms with Crippen molar-refractivity contribution in [3.63, 3.8) is 0 Å². The number of halogens is 1. The maximum absolute atomic E-state index is 13.5. The Morgan fingerprint density at radius 3 is 2.21 bits per heavy atom. The Morgan fingerprint density at radius 1 is 0.907 bits per heavy atom. The van der Waals surface area contributed by atoms with Crippen molar-refractivity contribution in [2.75, 3.05) is 4.90 Å². The predicted molar refractivity (Wildman–Crippen MR) is 165 cm³/mol. The maximum Gasteiger partial charge on any atom is 0.339 e. The fourth-order valence-corrected chi connectivity index (χ4v) is 7.04. The van der Waals surface area contributed by atoms with Gasteiger partial charge in [0, 0.05) is 21.0 Å². The summed E-state index contributed by atoms with van der Waals surface area (Å²) in [6.07, 6.45) is 4.05. The summed E-state index contributed by atoms with van der Waals surface area (Å²) in [4.78, 5) is 59.1. The van der Waals surface area contributed by atoms with E-state index in [-0.39, 0.29) is 46.8 Å². The molecule has 1 saturated heterocycles. The molecular formula is C35H27BrN2O5. The topological polar surface area (TPSA) is 93.6 Å². The van der Waals surface area contributed by atoms with Crippen LogP contribution >= 0.6 is 15.9 Å². The van der Waals surface area contributed by atoms with Crippen molar-refractivity contribution in [1.29, 1.82) is 0 Å². The van der Waals surface area contributed by atoms with E-state index >= 15 is 0 Å². The first-order valence-corrected chi connectivity index (χ1v) is 15.1. The lowest BCUT2D eigenvalue weighted by atomic mass is 9.85. The summed E-state index contributed by atoms with van der Waals surface area (Å²) in [6, 6.07) is 21.3. The number of carbonyl (C=O) groups excluding carboxylic acids is 4. The first-order valence-electron chi connectivity index (χ1n) is 14.3. The van der Waals surface area contributed by atoms with Gasteiger partial charge in [0.25, 0.3) is 0 Å². The maximum atomic E-state index is 13.5. The van der Waals surface area contributed by atoms with E-state index in [1.165, 1.54) is 4.90 Å². The van der Waals surface area contributed by atoms with Crippen LogP contribution in [0.25, 0.3) is 22.2 Å². The lowest BCUT2D eigenvalue weighted by Gasteiger charge is -2.18. The molecule has 7 nitrogen and oxygen atoms in total. The Morgan fingerprint density at radius 2 is 1.56 bits per heavy atom. The molecule has 5 atom stereocenters. The third kappa shape index (κ3) is 4.61. The first-order chi connectivity index (χ1) is 20.7. The lowest BCUT2D eigenvalue weighted by molar-refractivity contribution is -0.123. The van der Waals surface area contributed by atoms with Crippen LogP contribution in [0, 0.1) is 30.6 Å². The van der Waals surface area contributed by atoms with Crippen molar-refractivity contribution in [2.45, 2.75) is 26.4 Å². The van der Waals surface area contributed by atoms with Gasteiger partial charge in [-0.05, 0) is 68.5 Å². The van der Waals surface area contributed by atoms with Gasteiger partial charge in [-0.15, -0.1) is 0 Å². The molecule has 3 aromatic carbocycles. The molecule has 7 rings (SSSR count). The number of amides is 2. The van der Waals surface area contributed by atoms with E-state index in [1.807, 2.05) is 25.1 Å². The highest BCUT2D eigenvalue weighted by atomic mass is 79.9. The molecule has 0 radical (unpaired) electrons. The van der Waals surface area contributed by atoms with Crippen LogP contribution < -0.4 is 4.90 Å². The summed E-state index contributed by atoms with van der Waals surface area (Å²) in [7, 11) is 0. The number of ketones is 1. The number of esters is 1. The zero-order valence-electron chi connectivity index (χ0n) is 23.5. The number of Topliss-reactive ketones (excluding diaryl/α,β-unsaturated/α-hetero) is 1. The number of aryl methyl sites for hydroxylation is 1. The summed E-state index contributed by atoms with van der Waals surface area (Å²) in [5.74, 6) is -1.44. The molecule has 1 aliphatic heterocycles. The van der Waals surface area contributed by atoms with Crippen LogP contribution in [0.1, 0.15) is 39.6 Å². The van der Waals surface area contributed by atoms with Crippen molar-refractivity contribution in [3.8, 4) is 11.3 Å². The smallest absolute Gasteiger partial charge is 0.339 e. The highest BCUT2D eigenvalue weighted by Crippen LogP contribution is 2.53. The molecule has 2 bridgehead atoms. The van der Waals surface area contributed by atoms with E-state index < -0.39 is 12.1 Å². The summed E-state index contributed by atoms with van der Waals surface area (Å²) in [6.45, 7) is 3.50. The second kappa shape index (κ2) is 10.4. The third-order valence-electron chi connectivity index (χ3n) is 8.87. The van der Waals surface area contributed by atoms with Crippen molar-refractivity contribution < 1.29 is 23.9 Å². The quantitative estimate of drug-likeness (QED) is 0.101. The van der Waals surface area contributed by atoms with Crippen molar-refractivity contribution in [3.05, 3.63) is 106 Å². The second-order valence-electron chi connectivity index (χ2n) is 11.6. The van der Waals surface area contributed by atoms with Crippen LogP contribution in [0.15, 0.2) is 89.4 Å². The molecule has 0 N–H and O–H groups in total. The van der Waals surface area contributed by atoms with Gasteiger partial charge >= 0.3 is 5.97 Å². The molecule has 2 amide bonds. The van der Waals surface area contributed by atoms with E-state index in [2.05, 4.69) is 28.1 Å². The summed E-state index contributed by atoms with van der Waals surface area (Å²) in [5, 5.41) is 0.581. The zero-order chi connectivity index (χ0) is 30.0. The van der Waals surface area contributed by atoms with Crippen molar-refractivity contribution in [2.24, 2.45) is 23.7 Å². The molecule has 2 heterocycles. The molecule has 1 aromatic heterocycles. The van der Waals surface area contributed by atoms with Gasteiger partial charge in [-0.3, -0.25) is 19.3 Å². The molecule has 8 heteroatoms. The van der Waals surface area contributed by atoms with Gasteiger partial charge < -0.3 is 4.74 Å². The van der Waals surface area contributed by atoms with Crippen LogP contribution in [0.5, 0.6) is 0 Å². The Hall–Kier alpha value is -4.43. The van der Waals surface area contributed by atoms with E-state index in [0.29, 0.717) is 33.4 Å². The molecule has 214 valence electrons. The number of aromatic nitrogens is 1. The van der Waals surface area contributed by atoms with Gasteiger partial charge in [-0.25, -0.2) is 9.78 Å². The van der Waals surface area contributed by atoms with Gasteiger partial charge in [-0.2, -0.15) is 0 Å². The minimum absolute atomic E-state index is 0.131. The molecule has 0 spiro atoms. The van der Waals surface area contributed by atoms with E-state index in [0.717, 1.165) is 16.5 Å². The Balaban J connectivity index is 1.18. The van der Waals surface area contributed by atoms with Gasteiger partial charge in [0.05, 0.1) is 34.3 Å². The Labute approximate surface area is 256 Å². The van der Waals surface area contributed by atoms with Gasteiger partial charge in [0.2, 0.25) is 17.6 Å². The molecule has 0 unspecified atom stereocenters. The number of allylic oxidation sites excluding steroid dienone is 2. The van der Waals surface area contributed by atoms with Crippen molar-refractivity contribution >= 4 is 56.1 Å². The van der Waals surface area contributed by atoms with Crippen molar-refractivity contribution in [1.82, 2.24) is 4.98 Å². The van der Waals surface area contributed by atoms with E-state index in [4.69, 9.17) is 9.72 Å². The average molecular weight is 636 g/mol. The van der Waals surface area contributed by atoms with Crippen LogP contribution in [-0.4, -0.2) is 34.7 Å². The molecule has 1 saturated carbocycles. The summed E-state index contributed by atoms with van der Waals surface area (Å²) >= 11 is 3.47. The normalized spacial score (nSPS) is 22.7. The number of fused-ring (bicyclic) bond motifs is 6. The summed E-state index contributed by atoms with van der Waals surface area (Å²) < 4.78 is 6.44. The lowest BCUT2D eigenvalue weighted by Crippen LogP contribution is -2.32. The number of pyridine rings is 1. The number of benzene rings is 3. The Bertz CT molecular complexity index is 1830. The molecule has 43 heavy (non-hydrogen) atoms. The third-order valence-corrected chi connectivity index (χ3v) is 9.36. The van der Waals surface area contributed by atoms with Crippen LogP contribution in [-0.2, 0) is 14.3 Å². The minimum Gasteiger partial charge on any atom is -0.451 e. The largest absolute Gasteiger partial charge is 0.451 e. The number of ether oxygens (including phenoxy) is 1. The number of hydrogen-bond donors (Lipinski definition) is 0.